The minimum absolute atomic E-state index is 0.124. The van der Waals surface area contributed by atoms with Crippen LogP contribution in [0.25, 0.3) is 16.7 Å². The van der Waals surface area contributed by atoms with Crippen molar-refractivity contribution in [1.82, 2.24) is 19.2 Å². The zero-order chi connectivity index (χ0) is 17.1. The molecule has 3 rings (SSSR count). The summed E-state index contributed by atoms with van der Waals surface area (Å²) < 4.78 is 8.40. The number of nitrogens with zero attached hydrogens (tertiary/aromatic N) is 4. The summed E-state index contributed by atoms with van der Waals surface area (Å²) in [6.07, 6.45) is 1.84. The number of ether oxygens (including phenoxy) is 1. The molecule has 0 spiro atoms. The van der Waals surface area contributed by atoms with Crippen LogP contribution in [0.15, 0.2) is 34.2 Å². The van der Waals surface area contributed by atoms with Crippen LogP contribution in [-0.2, 0) is 16.6 Å². The second-order valence-electron chi connectivity index (χ2n) is 5.36. The molecule has 24 heavy (non-hydrogen) atoms. The lowest BCUT2D eigenvalue weighted by molar-refractivity contribution is -0.140. The molecule has 0 saturated heterocycles. The molecule has 0 amide bonds. The van der Waals surface area contributed by atoms with Crippen molar-refractivity contribution in [2.24, 2.45) is 7.05 Å². The monoisotopic (exact) mass is 346 g/mol. The van der Waals surface area contributed by atoms with E-state index in [1.807, 2.05) is 25.1 Å². The first kappa shape index (κ1) is 16.5. The third-order valence-corrected chi connectivity index (χ3v) is 4.58. The van der Waals surface area contributed by atoms with Gasteiger partial charge in [-0.05, 0) is 18.6 Å². The first-order valence-corrected chi connectivity index (χ1v) is 8.73. The lowest BCUT2D eigenvalue weighted by Crippen LogP contribution is -2.20. The minimum Gasteiger partial charge on any atom is -0.465 e. The van der Waals surface area contributed by atoms with E-state index in [2.05, 4.69) is 10.2 Å². The van der Waals surface area contributed by atoms with Gasteiger partial charge in [0.25, 0.3) is 5.56 Å². The number of benzene rings is 1. The van der Waals surface area contributed by atoms with E-state index in [-0.39, 0.29) is 17.3 Å². The van der Waals surface area contributed by atoms with Crippen molar-refractivity contribution in [3.8, 4) is 0 Å². The van der Waals surface area contributed by atoms with Gasteiger partial charge in [0, 0.05) is 7.05 Å². The van der Waals surface area contributed by atoms with E-state index in [4.69, 9.17) is 4.74 Å². The molecular formula is C16H18N4O3S. The van der Waals surface area contributed by atoms with Crippen molar-refractivity contribution in [2.45, 2.75) is 24.9 Å². The van der Waals surface area contributed by atoms with Gasteiger partial charge in [-0.2, -0.15) is 0 Å². The Bertz CT molecular complexity index is 948. The van der Waals surface area contributed by atoms with Crippen LogP contribution < -0.4 is 5.56 Å². The molecule has 7 nitrogen and oxygen atoms in total. The normalized spacial score (nSPS) is 11.2. The molecule has 0 N–H and O–H groups in total. The molecule has 0 unspecified atom stereocenters. The molecule has 2 heterocycles. The Hall–Kier alpha value is -2.35. The lowest BCUT2D eigenvalue weighted by Gasteiger charge is -2.07. The highest BCUT2D eigenvalue weighted by Crippen LogP contribution is 2.21. The predicted molar refractivity (Wildman–Crippen MR) is 92.3 cm³/mol. The second-order valence-corrected chi connectivity index (χ2v) is 6.30. The van der Waals surface area contributed by atoms with Crippen LogP contribution in [0.4, 0.5) is 0 Å². The molecule has 0 saturated carbocycles. The quantitative estimate of drug-likeness (QED) is 0.386. The highest BCUT2D eigenvalue weighted by Gasteiger charge is 2.16. The van der Waals surface area contributed by atoms with E-state index in [0.29, 0.717) is 22.9 Å². The molecule has 0 atom stereocenters. The number of unbranched alkanes of at least 4 members (excludes halogenated alkanes) is 1. The van der Waals surface area contributed by atoms with Gasteiger partial charge in [-0.3, -0.25) is 18.6 Å². The first-order chi connectivity index (χ1) is 11.6. The Balaban J connectivity index is 1.93. The Morgan fingerprint density at radius 3 is 2.88 bits per heavy atom. The van der Waals surface area contributed by atoms with Gasteiger partial charge >= 0.3 is 5.97 Å². The fourth-order valence-electron chi connectivity index (χ4n) is 2.40. The summed E-state index contributed by atoms with van der Waals surface area (Å²) in [5.74, 6) is 0.321. The molecule has 0 aliphatic rings. The predicted octanol–water partition coefficient (Wildman–Crippen LogP) is 2.02. The van der Waals surface area contributed by atoms with Gasteiger partial charge in [-0.1, -0.05) is 37.2 Å². The van der Waals surface area contributed by atoms with Gasteiger partial charge in [0.1, 0.15) is 0 Å². The maximum atomic E-state index is 12.4. The highest BCUT2D eigenvalue weighted by molar-refractivity contribution is 7.99. The Labute approximate surface area is 142 Å². The molecule has 0 aliphatic carbocycles. The summed E-state index contributed by atoms with van der Waals surface area (Å²) >= 11 is 1.25. The molecular weight excluding hydrogens is 328 g/mol. The van der Waals surface area contributed by atoms with Crippen LogP contribution in [-0.4, -0.2) is 37.5 Å². The van der Waals surface area contributed by atoms with E-state index in [9.17, 15) is 9.59 Å². The fourth-order valence-corrected chi connectivity index (χ4v) is 3.14. The molecule has 0 aliphatic heterocycles. The summed E-state index contributed by atoms with van der Waals surface area (Å²) in [6, 6.07) is 7.29. The van der Waals surface area contributed by atoms with Crippen LogP contribution >= 0.6 is 11.8 Å². The number of para-hydroxylation sites is 1. The van der Waals surface area contributed by atoms with Crippen LogP contribution in [0, 0.1) is 0 Å². The van der Waals surface area contributed by atoms with Gasteiger partial charge < -0.3 is 4.74 Å². The van der Waals surface area contributed by atoms with Crippen molar-refractivity contribution >= 4 is 34.4 Å². The summed E-state index contributed by atoms with van der Waals surface area (Å²) in [6.45, 7) is 2.48. The van der Waals surface area contributed by atoms with Crippen molar-refractivity contribution in [2.75, 3.05) is 12.4 Å². The second kappa shape index (κ2) is 7.04. The van der Waals surface area contributed by atoms with E-state index in [1.165, 1.54) is 16.3 Å². The number of rotatable bonds is 6. The molecule has 0 fully saturated rings. The van der Waals surface area contributed by atoms with E-state index in [0.717, 1.165) is 18.4 Å². The third-order valence-electron chi connectivity index (χ3n) is 3.68. The van der Waals surface area contributed by atoms with Crippen molar-refractivity contribution in [3.05, 3.63) is 34.6 Å². The van der Waals surface area contributed by atoms with Gasteiger partial charge in [0.15, 0.2) is 5.16 Å². The smallest absolute Gasteiger partial charge is 0.316 e. The molecule has 0 bridgehead atoms. The number of esters is 1. The van der Waals surface area contributed by atoms with Crippen LogP contribution in [0.3, 0.4) is 0 Å². The summed E-state index contributed by atoms with van der Waals surface area (Å²) in [5, 5.41) is 9.35. The number of thioether (sulfide) groups is 1. The maximum absolute atomic E-state index is 12.4. The molecule has 2 aromatic heterocycles. The number of aromatic nitrogens is 4. The largest absolute Gasteiger partial charge is 0.465 e. The van der Waals surface area contributed by atoms with E-state index in [1.54, 1.807) is 17.5 Å². The highest BCUT2D eigenvalue weighted by atomic mass is 32.2. The van der Waals surface area contributed by atoms with Crippen molar-refractivity contribution < 1.29 is 9.53 Å². The zero-order valence-corrected chi connectivity index (χ0v) is 14.4. The number of fused-ring (bicyclic) bond motifs is 3. The van der Waals surface area contributed by atoms with Crippen molar-refractivity contribution in [1.29, 1.82) is 0 Å². The summed E-state index contributed by atoms with van der Waals surface area (Å²) in [4.78, 5) is 24.1. The minimum atomic E-state index is -0.278. The number of carbonyl (C=O) groups is 1. The number of hydrogen-bond acceptors (Lipinski definition) is 6. The van der Waals surface area contributed by atoms with Crippen LogP contribution in [0.2, 0.25) is 0 Å². The molecule has 1 aromatic carbocycles. The van der Waals surface area contributed by atoms with Gasteiger partial charge in [-0.15, -0.1) is 10.2 Å². The van der Waals surface area contributed by atoms with Crippen LogP contribution in [0.1, 0.15) is 19.8 Å². The number of aryl methyl sites for hydroxylation is 1. The number of carbonyl (C=O) groups excluding carboxylic acids is 1. The van der Waals surface area contributed by atoms with Gasteiger partial charge in [0.2, 0.25) is 5.78 Å². The topological polar surface area (TPSA) is 78.5 Å². The molecule has 126 valence electrons. The summed E-state index contributed by atoms with van der Waals surface area (Å²) in [5.41, 5.74) is 0.600. The molecule has 3 aromatic rings. The van der Waals surface area contributed by atoms with Crippen molar-refractivity contribution in [3.63, 3.8) is 0 Å². The standard InChI is InChI=1S/C16H18N4O3S/c1-3-4-9-23-13(21)10-24-16-18-17-15-19(2)14(22)11-7-5-6-8-12(11)20(15)16/h5-8H,3-4,9-10H2,1-2H3. The van der Waals surface area contributed by atoms with E-state index >= 15 is 0 Å². The average molecular weight is 346 g/mol. The molecule has 8 heteroatoms. The Kier molecular flexibility index (Phi) is 4.84. The van der Waals surface area contributed by atoms with Gasteiger partial charge in [-0.25, -0.2) is 0 Å². The Morgan fingerprint density at radius 1 is 1.29 bits per heavy atom. The van der Waals surface area contributed by atoms with Crippen LogP contribution in [0.5, 0.6) is 0 Å². The Morgan fingerprint density at radius 2 is 2.08 bits per heavy atom. The zero-order valence-electron chi connectivity index (χ0n) is 13.6. The third kappa shape index (κ3) is 3.01. The van der Waals surface area contributed by atoms with Gasteiger partial charge in [0.05, 0.1) is 23.3 Å². The SMILES string of the molecule is CCCCOC(=O)CSc1nnc2n(C)c(=O)c3ccccc3n12. The first-order valence-electron chi connectivity index (χ1n) is 7.74. The lowest BCUT2D eigenvalue weighted by atomic mass is 10.2. The summed E-state index contributed by atoms with van der Waals surface area (Å²) in [7, 11) is 1.66. The van der Waals surface area contributed by atoms with E-state index < -0.39 is 0 Å². The fraction of sp³-hybridized carbons (Fsp3) is 0.375. The maximum Gasteiger partial charge on any atom is 0.316 e. The average Bonchev–Trinajstić information content (AvgIpc) is 3.02. The molecule has 0 radical (unpaired) electrons. The number of hydrogen-bond donors (Lipinski definition) is 0.